The van der Waals surface area contributed by atoms with Crippen molar-refractivity contribution in [3.63, 3.8) is 0 Å². The van der Waals surface area contributed by atoms with Crippen LogP contribution in [-0.4, -0.2) is 33.1 Å². The lowest BCUT2D eigenvalue weighted by Gasteiger charge is -2.44. The largest absolute Gasteiger partial charge is 0.393 e. The summed E-state index contributed by atoms with van der Waals surface area (Å²) in [6.07, 6.45) is 15.0. The summed E-state index contributed by atoms with van der Waals surface area (Å²) in [5.41, 5.74) is 2.93. The fourth-order valence-electron chi connectivity index (χ4n) is 6.32. The van der Waals surface area contributed by atoms with Gasteiger partial charge in [0.05, 0.1) is 17.8 Å². The van der Waals surface area contributed by atoms with Gasteiger partial charge in [0.2, 0.25) is 0 Å². The van der Waals surface area contributed by atoms with Crippen molar-refractivity contribution in [1.82, 2.24) is 0 Å². The van der Waals surface area contributed by atoms with Gasteiger partial charge >= 0.3 is 0 Å². The third-order valence-electron chi connectivity index (χ3n) is 8.75. The Kier molecular flexibility index (Phi) is 7.40. The molecule has 0 amide bonds. The maximum Gasteiger partial charge on any atom is 0.0811 e. The van der Waals surface area contributed by atoms with E-state index in [4.69, 9.17) is 0 Å². The van der Waals surface area contributed by atoms with Gasteiger partial charge in [0.15, 0.2) is 0 Å². The summed E-state index contributed by atoms with van der Waals surface area (Å²) < 4.78 is 0. The molecule has 3 nitrogen and oxygen atoms in total. The molecule has 3 saturated carbocycles. The summed E-state index contributed by atoms with van der Waals surface area (Å²) in [4.78, 5) is 0. The lowest BCUT2D eigenvalue weighted by Crippen LogP contribution is -2.35. The van der Waals surface area contributed by atoms with Crippen LogP contribution in [0.15, 0.2) is 47.6 Å². The molecule has 3 fully saturated rings. The molecule has 31 heavy (non-hydrogen) atoms. The van der Waals surface area contributed by atoms with Crippen LogP contribution in [0.1, 0.15) is 79.6 Å². The van der Waals surface area contributed by atoms with Crippen molar-refractivity contribution in [2.24, 2.45) is 29.1 Å². The van der Waals surface area contributed by atoms with E-state index in [1.165, 1.54) is 31.3 Å². The van der Waals surface area contributed by atoms with Crippen molar-refractivity contribution in [2.45, 2.75) is 97.4 Å². The second kappa shape index (κ2) is 9.37. The van der Waals surface area contributed by atoms with Gasteiger partial charge in [-0.3, -0.25) is 0 Å². The highest BCUT2D eigenvalue weighted by Crippen LogP contribution is 2.59. The Morgan fingerprint density at radius 3 is 2.52 bits per heavy atom. The Balaban J connectivity index is 1.76. The molecule has 0 aliphatic heterocycles. The third kappa shape index (κ3) is 5.26. The molecule has 0 aromatic carbocycles. The van der Waals surface area contributed by atoms with Crippen molar-refractivity contribution in [1.29, 1.82) is 0 Å². The summed E-state index contributed by atoms with van der Waals surface area (Å²) in [5.74, 6) is 1.91. The predicted octanol–water partition coefficient (Wildman–Crippen LogP) is 5.73. The SMILES string of the molecule is C=C1/C(=C/C=C2/CCC[C@]3(C)[C@@H]([C@H](C)C=C[C@H](C)C(C)(C)O)CC[C@@H]23)C[C@@H](O)C[C@@H]1O. The third-order valence-corrected chi connectivity index (χ3v) is 8.75. The van der Waals surface area contributed by atoms with Crippen LogP contribution < -0.4 is 0 Å². The number of hydrogen-bond donors (Lipinski definition) is 3. The molecule has 3 aliphatic rings. The molecule has 7 atom stereocenters. The van der Waals surface area contributed by atoms with E-state index >= 15 is 0 Å². The van der Waals surface area contributed by atoms with Gasteiger partial charge in [-0.1, -0.05) is 57.2 Å². The van der Waals surface area contributed by atoms with Gasteiger partial charge in [0.25, 0.3) is 0 Å². The molecule has 0 aromatic rings. The molecule has 3 heteroatoms. The minimum Gasteiger partial charge on any atom is -0.393 e. The van der Waals surface area contributed by atoms with E-state index in [-0.39, 0.29) is 5.92 Å². The van der Waals surface area contributed by atoms with Crippen molar-refractivity contribution in [3.05, 3.63) is 47.6 Å². The van der Waals surface area contributed by atoms with E-state index in [2.05, 4.69) is 51.7 Å². The second-order valence-electron chi connectivity index (χ2n) is 11.4. The molecule has 0 aromatic heterocycles. The van der Waals surface area contributed by atoms with Crippen molar-refractivity contribution < 1.29 is 15.3 Å². The first kappa shape index (κ1) is 24.5. The number of allylic oxidation sites excluding steroid dienone is 4. The van der Waals surface area contributed by atoms with E-state index in [1.54, 1.807) is 0 Å². The number of aliphatic hydroxyl groups excluding tert-OH is 2. The van der Waals surface area contributed by atoms with E-state index in [9.17, 15) is 15.3 Å². The summed E-state index contributed by atoms with van der Waals surface area (Å²) in [6.45, 7) is 14.7. The first-order valence-corrected chi connectivity index (χ1v) is 12.3. The van der Waals surface area contributed by atoms with Crippen LogP contribution in [0.2, 0.25) is 0 Å². The first-order chi connectivity index (χ1) is 14.4. The molecule has 3 aliphatic carbocycles. The Morgan fingerprint density at radius 2 is 1.84 bits per heavy atom. The summed E-state index contributed by atoms with van der Waals surface area (Å²) in [5, 5.41) is 30.4. The van der Waals surface area contributed by atoms with Crippen LogP contribution >= 0.6 is 0 Å². The number of rotatable bonds is 5. The molecule has 0 saturated heterocycles. The predicted molar refractivity (Wildman–Crippen MR) is 128 cm³/mol. The first-order valence-electron chi connectivity index (χ1n) is 12.3. The second-order valence-corrected chi connectivity index (χ2v) is 11.4. The van der Waals surface area contributed by atoms with Gasteiger partial charge in [-0.25, -0.2) is 0 Å². The van der Waals surface area contributed by atoms with E-state index in [0.29, 0.717) is 36.0 Å². The van der Waals surface area contributed by atoms with Gasteiger partial charge in [-0.05, 0) is 86.7 Å². The van der Waals surface area contributed by atoms with Crippen LogP contribution in [0.3, 0.4) is 0 Å². The van der Waals surface area contributed by atoms with Gasteiger partial charge < -0.3 is 15.3 Å². The fraction of sp³-hybridized carbons (Fsp3) is 0.714. The van der Waals surface area contributed by atoms with Crippen LogP contribution in [0.4, 0.5) is 0 Å². The average molecular weight is 429 g/mol. The number of aliphatic hydroxyl groups is 3. The highest BCUT2D eigenvalue weighted by molar-refractivity contribution is 5.38. The molecule has 3 rings (SSSR count). The monoisotopic (exact) mass is 428 g/mol. The van der Waals surface area contributed by atoms with E-state index in [0.717, 1.165) is 17.6 Å². The fourth-order valence-corrected chi connectivity index (χ4v) is 6.32. The quantitative estimate of drug-likeness (QED) is 0.490. The molecule has 0 radical (unpaired) electrons. The normalized spacial score (nSPS) is 39.3. The Morgan fingerprint density at radius 1 is 1.13 bits per heavy atom. The summed E-state index contributed by atoms with van der Waals surface area (Å²) in [7, 11) is 0. The standard InChI is InChI=1S/C28H44O3/c1-18(9-10-19(2)27(4,5)31)24-13-14-25-21(8-7-15-28(24,25)6)11-12-22-16-23(29)17-26(30)20(22)3/h9-12,18-19,23-26,29-31H,3,7-8,13-17H2,1-2,4-6H3/b10-9?,21-11-,22-12+/t18-,19+,23-,24-,25+,26+,28-/m1/s1. The minimum atomic E-state index is -0.684. The van der Waals surface area contributed by atoms with Crippen molar-refractivity contribution >= 4 is 0 Å². The number of fused-ring (bicyclic) bond motifs is 1. The van der Waals surface area contributed by atoms with Crippen LogP contribution in [0, 0.1) is 29.1 Å². The van der Waals surface area contributed by atoms with E-state index in [1.807, 2.05) is 13.8 Å². The topological polar surface area (TPSA) is 60.7 Å². The molecule has 0 heterocycles. The minimum absolute atomic E-state index is 0.141. The smallest absolute Gasteiger partial charge is 0.0811 e. The van der Waals surface area contributed by atoms with Gasteiger partial charge in [-0.15, -0.1) is 0 Å². The van der Waals surface area contributed by atoms with Crippen molar-refractivity contribution in [2.75, 3.05) is 0 Å². The molecule has 3 N–H and O–H groups in total. The highest BCUT2D eigenvalue weighted by Gasteiger charge is 2.50. The molecular weight excluding hydrogens is 384 g/mol. The Bertz CT molecular complexity index is 753. The lowest BCUT2D eigenvalue weighted by atomic mass is 9.61. The number of hydrogen-bond acceptors (Lipinski definition) is 3. The average Bonchev–Trinajstić information content (AvgIpc) is 3.04. The highest BCUT2D eigenvalue weighted by atomic mass is 16.3. The maximum absolute atomic E-state index is 10.3. The zero-order chi connectivity index (χ0) is 23.0. The van der Waals surface area contributed by atoms with Gasteiger partial charge in [0.1, 0.15) is 0 Å². The van der Waals surface area contributed by atoms with Crippen molar-refractivity contribution in [3.8, 4) is 0 Å². The van der Waals surface area contributed by atoms with Gasteiger partial charge in [-0.2, -0.15) is 0 Å². The zero-order valence-electron chi connectivity index (χ0n) is 20.3. The van der Waals surface area contributed by atoms with E-state index < -0.39 is 17.8 Å². The Hall–Kier alpha value is -1.16. The van der Waals surface area contributed by atoms with Gasteiger partial charge in [0, 0.05) is 12.3 Å². The molecule has 174 valence electrons. The Labute approximate surface area is 189 Å². The summed E-state index contributed by atoms with van der Waals surface area (Å²) in [6, 6.07) is 0. The van der Waals surface area contributed by atoms with Crippen LogP contribution in [0.5, 0.6) is 0 Å². The molecule has 0 spiro atoms. The lowest BCUT2D eigenvalue weighted by molar-refractivity contribution is 0.0436. The maximum atomic E-state index is 10.3. The summed E-state index contributed by atoms with van der Waals surface area (Å²) >= 11 is 0. The molecule has 0 unspecified atom stereocenters. The zero-order valence-corrected chi connectivity index (χ0v) is 20.3. The molecular formula is C28H44O3. The van der Waals surface area contributed by atoms with Crippen LogP contribution in [0.25, 0.3) is 0 Å². The van der Waals surface area contributed by atoms with Crippen LogP contribution in [-0.2, 0) is 0 Å². The molecule has 0 bridgehead atoms.